The fourth-order valence-corrected chi connectivity index (χ4v) is 2.92. The first-order valence-corrected chi connectivity index (χ1v) is 7.25. The fourth-order valence-electron chi connectivity index (χ4n) is 2.92. The van der Waals surface area contributed by atoms with Crippen molar-refractivity contribution in [3.05, 3.63) is 29.1 Å². The summed E-state index contributed by atoms with van der Waals surface area (Å²) in [5, 5.41) is 0. The minimum Gasteiger partial charge on any atom is -0.355 e. The van der Waals surface area contributed by atoms with Crippen LogP contribution < -0.4 is 10.6 Å². The number of benzene rings is 1. The van der Waals surface area contributed by atoms with Crippen molar-refractivity contribution in [1.29, 1.82) is 0 Å². The molecular formula is C16H24FN3O. The number of halogens is 1. The molecule has 1 atom stereocenters. The third kappa shape index (κ3) is 2.62. The number of hydrogen-bond donors (Lipinski definition) is 1. The van der Waals surface area contributed by atoms with Gasteiger partial charge in [0.25, 0.3) is 0 Å². The van der Waals surface area contributed by atoms with E-state index in [4.69, 9.17) is 5.73 Å². The highest BCUT2D eigenvalue weighted by atomic mass is 19.1. The molecule has 1 heterocycles. The number of aryl methyl sites for hydroxylation is 1. The second-order valence-corrected chi connectivity index (χ2v) is 6.39. The SMILES string of the molecule is Cc1cc(N2CCN(C)C(=O)C2(C)C)c(C(C)N)cc1F. The van der Waals surface area contributed by atoms with Gasteiger partial charge in [0.15, 0.2) is 0 Å². The molecule has 4 nitrogen and oxygen atoms in total. The Morgan fingerprint density at radius 2 is 1.95 bits per heavy atom. The van der Waals surface area contributed by atoms with Gasteiger partial charge in [-0.2, -0.15) is 0 Å². The number of anilines is 1. The van der Waals surface area contributed by atoms with Crippen LogP contribution in [-0.4, -0.2) is 36.5 Å². The number of nitrogens with zero attached hydrogens (tertiary/aromatic N) is 2. The van der Waals surface area contributed by atoms with Gasteiger partial charge in [-0.1, -0.05) is 0 Å². The summed E-state index contributed by atoms with van der Waals surface area (Å²) in [5.41, 5.74) is 7.50. The number of likely N-dealkylation sites (N-methyl/N-ethyl adjacent to an activating group) is 1. The lowest BCUT2D eigenvalue weighted by atomic mass is 9.93. The summed E-state index contributed by atoms with van der Waals surface area (Å²) >= 11 is 0. The molecule has 0 spiro atoms. The Balaban J connectivity index is 2.55. The Morgan fingerprint density at radius 1 is 1.33 bits per heavy atom. The zero-order chi connectivity index (χ0) is 15.9. The summed E-state index contributed by atoms with van der Waals surface area (Å²) in [6.07, 6.45) is 0. The highest BCUT2D eigenvalue weighted by Gasteiger charge is 2.41. The number of amides is 1. The van der Waals surface area contributed by atoms with Crippen molar-refractivity contribution in [1.82, 2.24) is 4.90 Å². The van der Waals surface area contributed by atoms with Gasteiger partial charge in [-0.05, 0) is 51.0 Å². The maximum Gasteiger partial charge on any atom is 0.247 e. The van der Waals surface area contributed by atoms with Gasteiger partial charge in [0, 0.05) is 31.9 Å². The van der Waals surface area contributed by atoms with E-state index in [9.17, 15) is 9.18 Å². The molecule has 2 rings (SSSR count). The maximum atomic E-state index is 13.9. The van der Waals surface area contributed by atoms with Crippen LogP contribution in [0.1, 0.15) is 37.9 Å². The number of rotatable bonds is 2. The molecule has 2 N–H and O–H groups in total. The predicted octanol–water partition coefficient (Wildman–Crippen LogP) is 2.21. The number of hydrogen-bond acceptors (Lipinski definition) is 3. The van der Waals surface area contributed by atoms with E-state index in [0.717, 1.165) is 11.3 Å². The van der Waals surface area contributed by atoms with Crippen LogP contribution in [0, 0.1) is 12.7 Å². The highest BCUT2D eigenvalue weighted by molar-refractivity contribution is 5.90. The molecule has 1 fully saturated rings. The van der Waals surface area contributed by atoms with Gasteiger partial charge in [-0.3, -0.25) is 4.79 Å². The Labute approximate surface area is 125 Å². The van der Waals surface area contributed by atoms with Crippen molar-refractivity contribution in [2.24, 2.45) is 5.73 Å². The molecule has 0 bridgehead atoms. The van der Waals surface area contributed by atoms with Crippen LogP contribution in [0.25, 0.3) is 0 Å². The lowest BCUT2D eigenvalue weighted by Gasteiger charge is -2.47. The molecule has 116 valence electrons. The van der Waals surface area contributed by atoms with Crippen molar-refractivity contribution < 1.29 is 9.18 Å². The molecule has 0 aromatic heterocycles. The van der Waals surface area contributed by atoms with Crippen molar-refractivity contribution in [3.63, 3.8) is 0 Å². The molecule has 0 saturated carbocycles. The Morgan fingerprint density at radius 3 is 2.52 bits per heavy atom. The monoisotopic (exact) mass is 293 g/mol. The van der Waals surface area contributed by atoms with Crippen molar-refractivity contribution >= 4 is 11.6 Å². The molecule has 5 heteroatoms. The zero-order valence-corrected chi connectivity index (χ0v) is 13.4. The second kappa shape index (κ2) is 5.30. The van der Waals surface area contributed by atoms with Crippen LogP contribution in [0.4, 0.5) is 10.1 Å². The van der Waals surface area contributed by atoms with E-state index in [0.29, 0.717) is 18.7 Å². The molecule has 1 amide bonds. The van der Waals surface area contributed by atoms with Crippen molar-refractivity contribution in [2.75, 3.05) is 25.0 Å². The first kappa shape index (κ1) is 15.8. The average Bonchev–Trinajstić information content (AvgIpc) is 2.39. The number of nitrogens with two attached hydrogens (primary N) is 1. The summed E-state index contributed by atoms with van der Waals surface area (Å²) in [6.45, 7) is 8.72. The molecule has 1 aromatic carbocycles. The van der Waals surface area contributed by atoms with E-state index in [1.54, 1.807) is 17.9 Å². The summed E-state index contributed by atoms with van der Waals surface area (Å²) in [5.74, 6) is -0.198. The Bertz CT molecular complexity index is 569. The molecule has 21 heavy (non-hydrogen) atoms. The number of piperazine rings is 1. The summed E-state index contributed by atoms with van der Waals surface area (Å²) in [7, 11) is 1.81. The Kier molecular flexibility index (Phi) is 3.97. The van der Waals surface area contributed by atoms with E-state index in [1.165, 1.54) is 6.07 Å². The fraction of sp³-hybridized carbons (Fsp3) is 0.562. The van der Waals surface area contributed by atoms with Crippen LogP contribution in [-0.2, 0) is 4.79 Å². The van der Waals surface area contributed by atoms with E-state index in [2.05, 4.69) is 0 Å². The Hall–Kier alpha value is -1.62. The minimum absolute atomic E-state index is 0.0614. The topological polar surface area (TPSA) is 49.6 Å². The lowest BCUT2D eigenvalue weighted by molar-refractivity contribution is -0.136. The standard InChI is InChI=1S/C16H24FN3O/c1-10-8-14(12(11(2)18)9-13(10)17)20-7-6-19(5)15(21)16(20,3)4/h8-9,11H,6-7,18H2,1-5H3. The van der Waals surface area contributed by atoms with Gasteiger partial charge in [0.05, 0.1) is 0 Å². The third-order valence-corrected chi connectivity index (χ3v) is 4.29. The van der Waals surface area contributed by atoms with Gasteiger partial charge in [-0.25, -0.2) is 4.39 Å². The first-order chi connectivity index (χ1) is 9.66. The lowest BCUT2D eigenvalue weighted by Crippen LogP contribution is -2.62. The molecule has 0 radical (unpaired) electrons. The molecule has 0 aliphatic carbocycles. The zero-order valence-electron chi connectivity index (χ0n) is 13.4. The summed E-state index contributed by atoms with van der Waals surface area (Å²) in [6, 6.07) is 3.00. The maximum absolute atomic E-state index is 13.9. The van der Waals surface area contributed by atoms with Crippen molar-refractivity contribution in [2.45, 2.75) is 39.3 Å². The van der Waals surface area contributed by atoms with Crippen LogP contribution >= 0.6 is 0 Å². The molecular weight excluding hydrogens is 269 g/mol. The van der Waals surface area contributed by atoms with Crippen LogP contribution in [0.3, 0.4) is 0 Å². The number of carbonyl (C=O) groups excluding carboxylic acids is 1. The smallest absolute Gasteiger partial charge is 0.247 e. The normalized spacial score (nSPS) is 19.9. The minimum atomic E-state index is -0.666. The van der Waals surface area contributed by atoms with E-state index in [1.807, 2.05) is 32.7 Å². The molecule has 1 aliphatic rings. The van der Waals surface area contributed by atoms with E-state index < -0.39 is 5.54 Å². The molecule has 1 aliphatic heterocycles. The van der Waals surface area contributed by atoms with Crippen molar-refractivity contribution in [3.8, 4) is 0 Å². The summed E-state index contributed by atoms with van der Waals surface area (Å²) in [4.78, 5) is 16.2. The molecule has 1 aromatic rings. The first-order valence-electron chi connectivity index (χ1n) is 7.25. The van der Waals surface area contributed by atoms with Crippen LogP contribution in [0.2, 0.25) is 0 Å². The second-order valence-electron chi connectivity index (χ2n) is 6.39. The predicted molar refractivity (Wildman–Crippen MR) is 82.8 cm³/mol. The van der Waals surface area contributed by atoms with Gasteiger partial charge in [0.2, 0.25) is 5.91 Å². The van der Waals surface area contributed by atoms with Gasteiger partial charge >= 0.3 is 0 Å². The van der Waals surface area contributed by atoms with E-state index >= 15 is 0 Å². The largest absolute Gasteiger partial charge is 0.355 e. The molecule has 1 saturated heterocycles. The average molecular weight is 293 g/mol. The third-order valence-electron chi connectivity index (χ3n) is 4.29. The number of carbonyl (C=O) groups is 1. The van der Waals surface area contributed by atoms with Gasteiger partial charge in [0.1, 0.15) is 11.4 Å². The van der Waals surface area contributed by atoms with Crippen LogP contribution in [0.15, 0.2) is 12.1 Å². The summed E-state index contributed by atoms with van der Waals surface area (Å²) < 4.78 is 13.9. The van der Waals surface area contributed by atoms with E-state index in [-0.39, 0.29) is 17.8 Å². The highest BCUT2D eigenvalue weighted by Crippen LogP contribution is 2.35. The van der Waals surface area contributed by atoms with Gasteiger partial charge < -0.3 is 15.5 Å². The quantitative estimate of drug-likeness (QED) is 0.909. The molecule has 1 unspecified atom stereocenters. The van der Waals surface area contributed by atoms with Gasteiger partial charge in [-0.15, -0.1) is 0 Å². The van der Waals surface area contributed by atoms with Crippen LogP contribution in [0.5, 0.6) is 0 Å².